The first-order valence-corrected chi connectivity index (χ1v) is 24.4. The molecular weight excluding hydrogens is 825 g/mol. The van der Waals surface area contributed by atoms with Crippen molar-refractivity contribution in [3.63, 3.8) is 0 Å². The Morgan fingerprint density at radius 3 is 2.31 bits per heavy atom. The van der Waals surface area contributed by atoms with Crippen LogP contribution in [-0.4, -0.2) is 149 Å². The molecular formula is C50H70O14. The van der Waals surface area contributed by atoms with Gasteiger partial charge in [0.25, 0.3) is 0 Å². The van der Waals surface area contributed by atoms with E-state index in [4.69, 9.17) is 52.1 Å². The van der Waals surface area contributed by atoms with Crippen LogP contribution < -0.4 is 0 Å². The van der Waals surface area contributed by atoms with Crippen LogP contribution in [0.4, 0.5) is 0 Å². The molecule has 0 saturated carbocycles. The van der Waals surface area contributed by atoms with E-state index in [-0.39, 0.29) is 110 Å². The van der Waals surface area contributed by atoms with Crippen molar-refractivity contribution in [2.24, 2.45) is 5.92 Å². The van der Waals surface area contributed by atoms with Gasteiger partial charge in [-0.3, -0.25) is 4.79 Å². The molecule has 0 amide bonds. The van der Waals surface area contributed by atoms with Gasteiger partial charge in [0, 0.05) is 57.4 Å². The van der Waals surface area contributed by atoms with Gasteiger partial charge < -0.3 is 57.2 Å². The van der Waals surface area contributed by atoms with Crippen LogP contribution in [0, 0.1) is 5.92 Å². The third-order valence-electron chi connectivity index (χ3n) is 17.8. The maximum atomic E-state index is 12.3. The van der Waals surface area contributed by atoms with Gasteiger partial charge in [-0.15, -0.1) is 0 Å². The van der Waals surface area contributed by atoms with Crippen molar-refractivity contribution in [3.8, 4) is 0 Å². The number of rotatable bonds is 3. The second-order valence-corrected chi connectivity index (χ2v) is 22.7. The lowest BCUT2D eigenvalue weighted by Crippen LogP contribution is -2.70. The highest BCUT2D eigenvalue weighted by molar-refractivity contribution is 5.84. The van der Waals surface area contributed by atoms with Gasteiger partial charge in [-0.05, 0) is 84.3 Å². The summed E-state index contributed by atoms with van der Waals surface area (Å²) in [5.74, 6) is -0.146. The van der Waals surface area contributed by atoms with Crippen molar-refractivity contribution in [1.29, 1.82) is 0 Å². The van der Waals surface area contributed by atoms with E-state index in [0.29, 0.717) is 63.4 Å². The number of ether oxygens (including phenoxy) is 11. The number of carbonyl (C=O) groups is 2. The molecule has 0 spiro atoms. The Balaban J connectivity index is 0.776. The summed E-state index contributed by atoms with van der Waals surface area (Å²) >= 11 is 0. The van der Waals surface area contributed by atoms with E-state index in [0.717, 1.165) is 31.1 Å². The van der Waals surface area contributed by atoms with Crippen molar-refractivity contribution >= 4 is 12.3 Å². The maximum Gasteiger partial charge on any atom is 0.331 e. The average Bonchev–Trinajstić information content (AvgIpc) is 3.43. The van der Waals surface area contributed by atoms with Gasteiger partial charge >= 0.3 is 5.97 Å². The first-order chi connectivity index (χ1) is 30.4. The van der Waals surface area contributed by atoms with Crippen molar-refractivity contribution in [2.75, 3.05) is 0 Å². The smallest absolute Gasteiger partial charge is 0.331 e. The Morgan fingerprint density at radius 2 is 1.50 bits per heavy atom. The van der Waals surface area contributed by atoms with Crippen LogP contribution in [0.15, 0.2) is 36.0 Å². The number of hydrogen-bond donors (Lipinski definition) is 1. The summed E-state index contributed by atoms with van der Waals surface area (Å²) in [6.07, 6.45) is 9.57. The Bertz CT molecular complexity index is 1940. The molecule has 0 aromatic carbocycles. The summed E-state index contributed by atoms with van der Waals surface area (Å²) in [5.41, 5.74) is -1.96. The lowest BCUT2D eigenvalue weighted by Gasteiger charge is -2.60. The molecule has 11 heterocycles. The molecule has 1 N–H and O–H groups in total. The zero-order valence-corrected chi connectivity index (χ0v) is 38.6. The van der Waals surface area contributed by atoms with Crippen LogP contribution in [0.5, 0.6) is 0 Å². The zero-order chi connectivity index (χ0) is 44.7. The van der Waals surface area contributed by atoms with Crippen molar-refractivity contribution in [2.45, 2.75) is 257 Å². The van der Waals surface area contributed by atoms with Crippen LogP contribution in [0.25, 0.3) is 0 Å². The third kappa shape index (κ3) is 7.38. The molecule has 11 rings (SSSR count). The van der Waals surface area contributed by atoms with Crippen LogP contribution in [0.3, 0.4) is 0 Å². The van der Waals surface area contributed by atoms with E-state index in [1.165, 1.54) is 0 Å². The lowest BCUT2D eigenvalue weighted by molar-refractivity contribution is -0.356. The number of aliphatic hydroxyl groups is 1. The molecule has 64 heavy (non-hydrogen) atoms. The topological polar surface area (TPSA) is 156 Å². The second kappa shape index (κ2) is 15.7. The first kappa shape index (κ1) is 44.4. The minimum atomic E-state index is -0.911. The molecule has 0 aromatic rings. The summed E-state index contributed by atoms with van der Waals surface area (Å²) in [5, 5.41) is 11.4. The molecule has 11 aliphatic heterocycles. The summed E-state index contributed by atoms with van der Waals surface area (Å²) in [6, 6.07) is 0. The van der Waals surface area contributed by atoms with Gasteiger partial charge in [-0.25, -0.2) is 4.79 Å². The van der Waals surface area contributed by atoms with E-state index < -0.39 is 34.1 Å². The van der Waals surface area contributed by atoms with Crippen LogP contribution in [-0.2, 0) is 61.7 Å². The van der Waals surface area contributed by atoms with Gasteiger partial charge in [0.2, 0.25) is 0 Å². The van der Waals surface area contributed by atoms with Gasteiger partial charge in [0.15, 0.2) is 0 Å². The number of carbonyl (C=O) groups excluding carboxylic acids is 2. The fraction of sp³-hybridized carbons (Fsp3) is 0.840. The highest BCUT2D eigenvalue weighted by Crippen LogP contribution is 2.55. The molecule has 0 aromatic heterocycles. The number of aldehydes is 1. The number of fused-ring (bicyclic) bond motifs is 10. The first-order valence-electron chi connectivity index (χ1n) is 24.4. The number of aliphatic hydroxyl groups excluding tert-OH is 1. The molecule has 354 valence electrons. The summed E-state index contributed by atoms with van der Waals surface area (Å²) < 4.78 is 75.6. The van der Waals surface area contributed by atoms with Crippen molar-refractivity contribution < 1.29 is 66.8 Å². The molecule has 9 fully saturated rings. The molecule has 14 heteroatoms. The largest absolute Gasteiger partial charge is 0.456 e. The molecule has 0 aliphatic carbocycles. The number of hydrogen-bond acceptors (Lipinski definition) is 14. The fourth-order valence-electron chi connectivity index (χ4n) is 14.0. The predicted molar refractivity (Wildman–Crippen MR) is 228 cm³/mol. The standard InChI is InChI=1S/C50H70O14/c1-25(24-51)14-28-17-37(52)50(8)41(54-28)19-33-34(61-50)18-32-29(55-33)10-9-12-46(4)42(58-32)23-49(7)40(62-46)21-39-47(5,64-49)13-11-30-44(60-39)26(2)15-31-36(56-30)22-48(6)38(57-31)20-35-45(63-48)27(3)16-43(53)59-35/h9-10,16,24,26,28-42,44-45,52H,1,11-15,17-23H2,2-8H3/b10-9-/t26-,28?,29-,30+,31+,32+,33+,34-,35+,36-,37?,38-,39+,40-,41-,42-,44-,45-,46+,47-,48+,49+,50+/m1/s1. The van der Waals surface area contributed by atoms with Gasteiger partial charge in [-0.1, -0.05) is 25.7 Å². The highest BCUT2D eigenvalue weighted by Gasteiger charge is 2.64. The lowest BCUT2D eigenvalue weighted by atomic mass is 9.72. The van der Waals surface area contributed by atoms with Crippen molar-refractivity contribution in [1.82, 2.24) is 0 Å². The monoisotopic (exact) mass is 894 g/mol. The molecule has 14 nitrogen and oxygen atoms in total. The number of esters is 1. The van der Waals surface area contributed by atoms with Gasteiger partial charge in [0.1, 0.15) is 30.2 Å². The quantitative estimate of drug-likeness (QED) is 0.165. The van der Waals surface area contributed by atoms with E-state index in [2.05, 4.69) is 53.3 Å². The van der Waals surface area contributed by atoms with Crippen LogP contribution in [0.2, 0.25) is 0 Å². The molecule has 23 atom stereocenters. The van der Waals surface area contributed by atoms with Crippen molar-refractivity contribution in [3.05, 3.63) is 36.0 Å². The fourth-order valence-corrected chi connectivity index (χ4v) is 14.0. The van der Waals surface area contributed by atoms with Crippen LogP contribution >= 0.6 is 0 Å². The summed E-state index contributed by atoms with van der Waals surface area (Å²) in [7, 11) is 0. The van der Waals surface area contributed by atoms with E-state index in [1.54, 1.807) is 6.08 Å². The van der Waals surface area contributed by atoms with E-state index in [1.807, 2.05) is 13.8 Å². The van der Waals surface area contributed by atoms with E-state index in [9.17, 15) is 14.7 Å². The highest BCUT2D eigenvalue weighted by atomic mass is 16.7. The van der Waals surface area contributed by atoms with E-state index >= 15 is 0 Å². The van der Waals surface area contributed by atoms with Gasteiger partial charge in [-0.2, -0.15) is 0 Å². The molecule has 11 aliphatic rings. The molecule has 0 bridgehead atoms. The zero-order valence-electron chi connectivity index (χ0n) is 38.6. The maximum absolute atomic E-state index is 12.3. The Hall–Kier alpha value is -2.08. The normalized spacial score (nSPS) is 56.9. The Labute approximate surface area is 377 Å². The summed E-state index contributed by atoms with van der Waals surface area (Å²) in [4.78, 5) is 23.6. The summed E-state index contributed by atoms with van der Waals surface area (Å²) in [6.45, 7) is 18.7. The SMILES string of the molecule is C=C(C=O)CC1CC(O)[C@]2(C)O[C@@H]3C[C@@H]4O[C@@H]5C[C@]6(C)O[C@]7(C)CC[C@@H]8O[C@@H]9C[C@]%10(C)O[C@@H]%11C(C)=CC(=O)O[C@H]%11C[C@H]%10O[C@H]9C[C@@H](C)[C@H]8O[C@H]7C[C@H]6O[C@@]5(C)C/C=C\[C@H]4O[C@H]3C[C@H]2O1. The third-order valence-corrected chi connectivity index (χ3v) is 17.8. The van der Waals surface area contributed by atoms with Crippen LogP contribution in [0.1, 0.15) is 126 Å². The molecule has 2 unspecified atom stereocenters. The Kier molecular flexibility index (Phi) is 10.9. The minimum Gasteiger partial charge on any atom is -0.456 e. The average molecular weight is 895 g/mol. The molecule has 0 radical (unpaired) electrons. The van der Waals surface area contributed by atoms with Gasteiger partial charge in [0.05, 0.1) is 108 Å². The molecule has 9 saturated heterocycles. The second-order valence-electron chi connectivity index (χ2n) is 22.7. The predicted octanol–water partition coefficient (Wildman–Crippen LogP) is 5.47. The minimum absolute atomic E-state index is 0.116. The Morgan fingerprint density at radius 1 is 0.734 bits per heavy atom.